The molecule has 0 radical (unpaired) electrons. The predicted octanol–water partition coefficient (Wildman–Crippen LogP) is 5.27. The van der Waals surface area contributed by atoms with E-state index in [-0.39, 0.29) is 11.9 Å². The summed E-state index contributed by atoms with van der Waals surface area (Å²) in [6.45, 7) is 5.93. The minimum Gasteiger partial charge on any atom is -0.495 e. The molecule has 0 saturated carbocycles. The summed E-state index contributed by atoms with van der Waals surface area (Å²) >= 11 is 0. The normalized spacial score (nSPS) is 11.9. The van der Waals surface area contributed by atoms with Gasteiger partial charge in [0.05, 0.1) is 36.6 Å². The molecule has 2 heterocycles. The summed E-state index contributed by atoms with van der Waals surface area (Å²) in [5.41, 5.74) is 5.44. The lowest BCUT2D eigenvalue weighted by Crippen LogP contribution is -2.10. The lowest BCUT2D eigenvalue weighted by Gasteiger charge is -2.17. The number of aromatic nitrogens is 4. The van der Waals surface area contributed by atoms with Crippen molar-refractivity contribution < 1.29 is 9.13 Å². The van der Waals surface area contributed by atoms with E-state index >= 15 is 0 Å². The van der Waals surface area contributed by atoms with Crippen LogP contribution in [0.1, 0.15) is 29.8 Å². The van der Waals surface area contributed by atoms with Gasteiger partial charge in [-0.25, -0.2) is 9.37 Å². The summed E-state index contributed by atoms with van der Waals surface area (Å²) in [6.07, 6.45) is 3.71. The molecule has 6 nitrogen and oxygen atoms in total. The summed E-state index contributed by atoms with van der Waals surface area (Å²) in [4.78, 5) is 4.28. The van der Waals surface area contributed by atoms with Crippen LogP contribution in [0.2, 0.25) is 0 Å². The van der Waals surface area contributed by atoms with Crippen LogP contribution in [0, 0.1) is 19.7 Å². The van der Waals surface area contributed by atoms with Crippen LogP contribution < -0.4 is 10.1 Å². The molecule has 0 bridgehead atoms. The fourth-order valence-corrected chi connectivity index (χ4v) is 3.41. The van der Waals surface area contributed by atoms with Crippen LogP contribution in [-0.4, -0.2) is 26.9 Å². The van der Waals surface area contributed by atoms with Crippen LogP contribution in [-0.2, 0) is 0 Å². The highest BCUT2D eigenvalue weighted by molar-refractivity contribution is 5.67. The van der Waals surface area contributed by atoms with Gasteiger partial charge in [0.25, 0.3) is 0 Å². The second-order valence-electron chi connectivity index (χ2n) is 7.49. The number of nitrogens with one attached hydrogen (secondary N) is 1. The minimum atomic E-state index is -0.249. The number of nitrogens with zero attached hydrogens (tertiary/aromatic N) is 4. The van der Waals surface area contributed by atoms with E-state index in [1.807, 2.05) is 55.8 Å². The average molecular weight is 417 g/mol. The molecule has 2 aromatic carbocycles. The van der Waals surface area contributed by atoms with Gasteiger partial charge in [-0.3, -0.25) is 0 Å². The standard InChI is InChI=1S/C24H24FN5O/c1-15-11-21(28-29-24(15)27-17(3)18-5-8-20(25)9-6-18)19-7-10-22(23(12-19)31-4)30-13-16(2)26-14-30/h5-14,17H,1-4H3,(H,27,29)/t17-/m0/s1. The lowest BCUT2D eigenvalue weighted by atomic mass is 10.1. The highest BCUT2D eigenvalue weighted by atomic mass is 19.1. The van der Waals surface area contributed by atoms with Gasteiger partial charge >= 0.3 is 0 Å². The largest absolute Gasteiger partial charge is 0.495 e. The van der Waals surface area contributed by atoms with Crippen LogP contribution in [0.5, 0.6) is 5.75 Å². The number of halogens is 1. The Hall–Kier alpha value is -3.74. The first kappa shape index (κ1) is 20.5. The van der Waals surface area contributed by atoms with E-state index in [0.29, 0.717) is 5.82 Å². The van der Waals surface area contributed by atoms with Crippen molar-refractivity contribution >= 4 is 5.82 Å². The third-order valence-electron chi connectivity index (χ3n) is 5.17. The summed E-state index contributed by atoms with van der Waals surface area (Å²) in [5.74, 6) is 1.17. The number of rotatable bonds is 6. The van der Waals surface area contributed by atoms with E-state index in [2.05, 4.69) is 20.5 Å². The van der Waals surface area contributed by atoms with Crippen LogP contribution >= 0.6 is 0 Å². The molecule has 4 rings (SSSR count). The molecule has 2 aromatic heterocycles. The van der Waals surface area contributed by atoms with Gasteiger partial charge in [0.2, 0.25) is 0 Å². The van der Waals surface area contributed by atoms with Gasteiger partial charge in [-0.2, -0.15) is 0 Å². The van der Waals surface area contributed by atoms with Crippen LogP contribution in [0.25, 0.3) is 16.9 Å². The number of ether oxygens (including phenoxy) is 1. The minimum absolute atomic E-state index is 0.0301. The molecule has 1 atom stereocenters. The second kappa shape index (κ2) is 8.55. The first-order valence-corrected chi connectivity index (χ1v) is 10.0. The van der Waals surface area contributed by atoms with Crippen LogP contribution in [0.3, 0.4) is 0 Å². The Bertz CT molecular complexity index is 1200. The highest BCUT2D eigenvalue weighted by Gasteiger charge is 2.13. The third kappa shape index (κ3) is 4.40. The maximum atomic E-state index is 13.2. The molecule has 1 N–H and O–H groups in total. The number of anilines is 1. The number of hydrogen-bond acceptors (Lipinski definition) is 5. The zero-order chi connectivity index (χ0) is 22.0. The molecule has 31 heavy (non-hydrogen) atoms. The quantitative estimate of drug-likeness (QED) is 0.463. The highest BCUT2D eigenvalue weighted by Crippen LogP contribution is 2.30. The third-order valence-corrected chi connectivity index (χ3v) is 5.17. The molecule has 0 amide bonds. The van der Waals surface area contributed by atoms with E-state index in [1.165, 1.54) is 12.1 Å². The summed E-state index contributed by atoms with van der Waals surface area (Å²) in [5, 5.41) is 12.1. The monoisotopic (exact) mass is 417 g/mol. The van der Waals surface area contributed by atoms with Gasteiger partial charge in [0.1, 0.15) is 11.6 Å². The van der Waals surface area contributed by atoms with E-state index in [4.69, 9.17) is 4.74 Å². The molecule has 0 saturated heterocycles. The molecule has 0 fully saturated rings. The molecule has 0 aliphatic heterocycles. The van der Waals surface area contributed by atoms with E-state index in [1.54, 1.807) is 25.6 Å². The van der Waals surface area contributed by atoms with Crippen molar-refractivity contribution in [3.8, 4) is 22.7 Å². The first-order valence-electron chi connectivity index (χ1n) is 10.0. The number of aryl methyl sites for hydroxylation is 2. The average Bonchev–Trinajstić information content (AvgIpc) is 3.21. The van der Waals surface area contributed by atoms with Crippen molar-refractivity contribution in [1.29, 1.82) is 0 Å². The molecular weight excluding hydrogens is 393 g/mol. The second-order valence-corrected chi connectivity index (χ2v) is 7.49. The summed E-state index contributed by atoms with van der Waals surface area (Å²) < 4.78 is 20.7. The van der Waals surface area contributed by atoms with E-state index in [0.717, 1.165) is 39.5 Å². The number of imidazole rings is 1. The smallest absolute Gasteiger partial charge is 0.152 e. The van der Waals surface area contributed by atoms with Gasteiger partial charge in [-0.1, -0.05) is 18.2 Å². The van der Waals surface area contributed by atoms with Gasteiger partial charge in [0.15, 0.2) is 5.82 Å². The SMILES string of the molecule is COc1cc(-c2cc(C)c(N[C@@H](C)c3ccc(F)cc3)nn2)ccc1-n1cnc(C)c1. The Morgan fingerprint density at radius 2 is 1.81 bits per heavy atom. The number of hydrogen-bond donors (Lipinski definition) is 1. The predicted molar refractivity (Wildman–Crippen MR) is 119 cm³/mol. The lowest BCUT2D eigenvalue weighted by molar-refractivity contribution is 0.413. The van der Waals surface area contributed by atoms with E-state index in [9.17, 15) is 4.39 Å². The van der Waals surface area contributed by atoms with Crippen LogP contribution in [0.15, 0.2) is 61.1 Å². The number of benzene rings is 2. The molecular formula is C24H24FN5O. The van der Waals surface area contributed by atoms with Crippen molar-refractivity contribution in [2.45, 2.75) is 26.8 Å². The zero-order valence-electron chi connectivity index (χ0n) is 17.9. The zero-order valence-corrected chi connectivity index (χ0v) is 17.9. The van der Waals surface area contributed by atoms with E-state index < -0.39 is 0 Å². The molecule has 0 aliphatic rings. The van der Waals surface area contributed by atoms with Crippen molar-refractivity contribution in [2.75, 3.05) is 12.4 Å². The van der Waals surface area contributed by atoms with Crippen molar-refractivity contribution in [1.82, 2.24) is 19.7 Å². The molecule has 0 unspecified atom stereocenters. The Morgan fingerprint density at radius 1 is 1.03 bits per heavy atom. The number of methoxy groups -OCH3 is 1. The van der Waals surface area contributed by atoms with Gasteiger partial charge in [0, 0.05) is 11.8 Å². The van der Waals surface area contributed by atoms with Crippen LogP contribution in [0.4, 0.5) is 10.2 Å². The van der Waals surface area contributed by atoms with Crippen molar-refractivity contribution in [3.05, 3.63) is 83.7 Å². The van der Waals surface area contributed by atoms with Crippen molar-refractivity contribution in [3.63, 3.8) is 0 Å². The summed E-state index contributed by atoms with van der Waals surface area (Å²) in [7, 11) is 1.65. The summed E-state index contributed by atoms with van der Waals surface area (Å²) in [6, 6.07) is 14.3. The molecule has 7 heteroatoms. The molecule has 158 valence electrons. The Balaban J connectivity index is 1.58. The van der Waals surface area contributed by atoms with Gasteiger partial charge < -0.3 is 14.6 Å². The van der Waals surface area contributed by atoms with Gasteiger partial charge in [-0.15, -0.1) is 10.2 Å². The Labute approximate surface area is 180 Å². The molecule has 4 aromatic rings. The Morgan fingerprint density at radius 3 is 2.45 bits per heavy atom. The van der Waals surface area contributed by atoms with Crippen molar-refractivity contribution in [2.24, 2.45) is 0 Å². The maximum absolute atomic E-state index is 13.2. The maximum Gasteiger partial charge on any atom is 0.152 e. The fraction of sp³-hybridized carbons (Fsp3) is 0.208. The fourth-order valence-electron chi connectivity index (χ4n) is 3.41. The topological polar surface area (TPSA) is 64.9 Å². The first-order chi connectivity index (χ1) is 14.9. The van der Waals surface area contributed by atoms with Gasteiger partial charge in [-0.05, 0) is 62.2 Å². The Kier molecular flexibility index (Phi) is 5.66. The molecule has 0 spiro atoms. The molecule has 0 aliphatic carbocycles.